The highest BCUT2D eigenvalue weighted by Crippen LogP contribution is 2.37. The second-order valence-corrected chi connectivity index (χ2v) is 9.92. The van der Waals surface area contributed by atoms with E-state index in [1.54, 1.807) is 6.92 Å². The lowest BCUT2D eigenvalue weighted by atomic mass is 9.92. The standard InChI is InChI=1S/C26H37N5O2/c1-6-33-26(32)21-10-22(31-13-18-11-28-12-19(18)14-31)23(24(27)15(2)3)25(30-21)29-20-9-16(4)7-8-17(20)5/h7-10,15,17-20,27-28H,6,11-14H2,1-5H3,(H,29,30). The summed E-state index contributed by atoms with van der Waals surface area (Å²) < 4.78 is 5.32. The van der Waals surface area contributed by atoms with E-state index >= 15 is 0 Å². The Hall–Kier alpha value is -2.67. The zero-order valence-corrected chi connectivity index (χ0v) is 20.4. The Morgan fingerprint density at radius 3 is 2.67 bits per heavy atom. The first-order chi connectivity index (χ1) is 15.8. The van der Waals surface area contributed by atoms with Crippen molar-refractivity contribution in [3.63, 3.8) is 0 Å². The molecule has 3 N–H and O–H groups in total. The first-order valence-corrected chi connectivity index (χ1v) is 12.2. The molecule has 7 nitrogen and oxygen atoms in total. The molecule has 0 bridgehead atoms. The number of nitrogens with zero attached hydrogens (tertiary/aromatic N) is 2. The van der Waals surface area contributed by atoms with Crippen LogP contribution in [0.1, 0.15) is 50.7 Å². The van der Waals surface area contributed by atoms with Crippen LogP contribution >= 0.6 is 0 Å². The molecule has 1 aromatic rings. The minimum atomic E-state index is -0.422. The zero-order chi connectivity index (χ0) is 23.7. The van der Waals surface area contributed by atoms with Gasteiger partial charge in [0.05, 0.1) is 23.9 Å². The van der Waals surface area contributed by atoms with Gasteiger partial charge in [-0.05, 0) is 43.6 Å². The van der Waals surface area contributed by atoms with Crippen LogP contribution in [0.5, 0.6) is 0 Å². The predicted molar refractivity (Wildman–Crippen MR) is 133 cm³/mol. The van der Waals surface area contributed by atoms with Gasteiger partial charge < -0.3 is 25.7 Å². The first kappa shape index (κ1) is 23.5. The van der Waals surface area contributed by atoms with Gasteiger partial charge in [-0.3, -0.25) is 0 Å². The fourth-order valence-electron chi connectivity index (χ4n) is 5.05. The first-order valence-electron chi connectivity index (χ1n) is 12.2. The number of anilines is 2. The average molecular weight is 452 g/mol. The highest BCUT2D eigenvalue weighted by molar-refractivity contribution is 6.09. The van der Waals surface area contributed by atoms with Crippen molar-refractivity contribution in [2.75, 3.05) is 43.0 Å². The summed E-state index contributed by atoms with van der Waals surface area (Å²) >= 11 is 0. The van der Waals surface area contributed by atoms with Crippen LogP contribution < -0.4 is 15.5 Å². The number of rotatable bonds is 7. The molecule has 2 fully saturated rings. The Kier molecular flexibility index (Phi) is 6.88. The number of carbonyl (C=O) groups is 1. The minimum Gasteiger partial charge on any atom is -0.461 e. The van der Waals surface area contributed by atoms with E-state index in [1.807, 2.05) is 19.9 Å². The highest BCUT2D eigenvalue weighted by Gasteiger charge is 2.38. The van der Waals surface area contributed by atoms with Crippen LogP contribution in [0.25, 0.3) is 0 Å². The van der Waals surface area contributed by atoms with Gasteiger partial charge in [-0.15, -0.1) is 0 Å². The maximum absolute atomic E-state index is 12.8. The quantitative estimate of drug-likeness (QED) is 0.431. The Morgan fingerprint density at radius 2 is 2.03 bits per heavy atom. The monoisotopic (exact) mass is 451 g/mol. The summed E-state index contributed by atoms with van der Waals surface area (Å²) in [5.74, 6) is 1.66. The predicted octanol–water partition coefficient (Wildman–Crippen LogP) is 3.87. The van der Waals surface area contributed by atoms with Gasteiger partial charge in [0.15, 0.2) is 5.69 Å². The van der Waals surface area contributed by atoms with Crippen molar-refractivity contribution in [2.45, 2.75) is 40.7 Å². The molecule has 1 aliphatic carbocycles. The largest absolute Gasteiger partial charge is 0.461 e. The molecule has 3 heterocycles. The molecule has 178 valence electrons. The molecule has 1 aromatic heterocycles. The van der Waals surface area contributed by atoms with E-state index in [0.717, 1.165) is 37.4 Å². The van der Waals surface area contributed by atoms with Crippen molar-refractivity contribution >= 4 is 23.2 Å². The summed E-state index contributed by atoms with van der Waals surface area (Å²) in [4.78, 5) is 19.9. The number of hydrogen-bond acceptors (Lipinski definition) is 7. The average Bonchev–Trinajstić information content (AvgIpc) is 3.38. The number of nitrogens with one attached hydrogen (secondary N) is 3. The number of carbonyl (C=O) groups excluding carboxylic acids is 1. The summed E-state index contributed by atoms with van der Waals surface area (Å²) in [6, 6.07) is 1.88. The summed E-state index contributed by atoms with van der Waals surface area (Å²) in [6.45, 7) is 14.3. The number of fused-ring (bicyclic) bond motifs is 1. The van der Waals surface area contributed by atoms with Crippen molar-refractivity contribution < 1.29 is 9.53 Å². The van der Waals surface area contributed by atoms with Gasteiger partial charge in [-0.1, -0.05) is 44.6 Å². The SMILES string of the molecule is CCOC(=O)c1cc(N2CC3CNCC3C2)c(C(=N)C(C)C)c(NC2C=C(C)C=CC2C)n1. The molecule has 4 atom stereocenters. The Morgan fingerprint density at radius 1 is 1.33 bits per heavy atom. The van der Waals surface area contributed by atoms with Crippen LogP contribution in [0.3, 0.4) is 0 Å². The van der Waals surface area contributed by atoms with Crippen molar-refractivity contribution in [3.05, 3.63) is 41.1 Å². The van der Waals surface area contributed by atoms with E-state index in [0.29, 0.717) is 35.7 Å². The van der Waals surface area contributed by atoms with Crippen LogP contribution in [0, 0.1) is 29.1 Å². The molecule has 4 unspecified atom stereocenters. The smallest absolute Gasteiger partial charge is 0.357 e. The van der Waals surface area contributed by atoms with E-state index in [4.69, 9.17) is 15.1 Å². The lowest BCUT2D eigenvalue weighted by molar-refractivity contribution is 0.0519. The van der Waals surface area contributed by atoms with E-state index in [9.17, 15) is 4.79 Å². The van der Waals surface area contributed by atoms with Crippen LogP contribution in [-0.2, 0) is 4.74 Å². The molecule has 0 saturated carbocycles. The second kappa shape index (κ2) is 9.67. The van der Waals surface area contributed by atoms with Gasteiger partial charge in [0.1, 0.15) is 5.82 Å². The summed E-state index contributed by atoms with van der Waals surface area (Å²) in [5, 5.41) is 16.1. The molecule has 0 radical (unpaired) electrons. The second-order valence-electron chi connectivity index (χ2n) is 9.92. The van der Waals surface area contributed by atoms with E-state index in [1.165, 1.54) is 5.57 Å². The Bertz CT molecular complexity index is 971. The van der Waals surface area contributed by atoms with Crippen molar-refractivity contribution in [1.82, 2.24) is 10.3 Å². The van der Waals surface area contributed by atoms with Gasteiger partial charge in [0.2, 0.25) is 0 Å². The van der Waals surface area contributed by atoms with E-state index in [-0.39, 0.29) is 17.9 Å². The molecular weight excluding hydrogens is 414 g/mol. The number of ether oxygens (including phenoxy) is 1. The van der Waals surface area contributed by atoms with Gasteiger partial charge >= 0.3 is 5.97 Å². The molecule has 4 rings (SSSR count). The van der Waals surface area contributed by atoms with Gasteiger partial charge in [-0.2, -0.15) is 0 Å². The number of aromatic nitrogens is 1. The third-order valence-electron chi connectivity index (χ3n) is 7.04. The molecular formula is C26H37N5O2. The van der Waals surface area contributed by atoms with Crippen molar-refractivity contribution in [2.24, 2.45) is 23.7 Å². The van der Waals surface area contributed by atoms with Crippen molar-refractivity contribution in [1.29, 1.82) is 5.41 Å². The molecule has 0 spiro atoms. The maximum Gasteiger partial charge on any atom is 0.357 e. The summed E-state index contributed by atoms with van der Waals surface area (Å²) in [5.41, 5.74) is 3.74. The maximum atomic E-state index is 12.8. The number of allylic oxidation sites excluding steroid dienone is 2. The molecule has 0 amide bonds. The molecule has 2 aliphatic heterocycles. The fraction of sp³-hybridized carbons (Fsp3) is 0.577. The van der Waals surface area contributed by atoms with E-state index < -0.39 is 5.97 Å². The normalized spacial score (nSPS) is 26.4. The third-order valence-corrected chi connectivity index (χ3v) is 7.04. The summed E-state index contributed by atoms with van der Waals surface area (Å²) in [7, 11) is 0. The number of hydrogen-bond donors (Lipinski definition) is 3. The summed E-state index contributed by atoms with van der Waals surface area (Å²) in [6.07, 6.45) is 6.51. The molecule has 3 aliphatic rings. The fourth-order valence-corrected chi connectivity index (χ4v) is 5.05. The topological polar surface area (TPSA) is 90.3 Å². The molecule has 2 saturated heterocycles. The van der Waals surface area contributed by atoms with Crippen LogP contribution in [-0.4, -0.2) is 55.5 Å². The molecule has 33 heavy (non-hydrogen) atoms. The van der Waals surface area contributed by atoms with E-state index in [2.05, 4.69) is 47.6 Å². The van der Waals surface area contributed by atoms with Crippen molar-refractivity contribution in [3.8, 4) is 0 Å². The Labute approximate surface area is 197 Å². The molecule has 7 heteroatoms. The van der Waals surface area contributed by atoms with Crippen LogP contribution in [0.4, 0.5) is 11.5 Å². The third kappa shape index (κ3) is 4.83. The Balaban J connectivity index is 1.81. The molecule has 0 aromatic carbocycles. The van der Waals surface area contributed by atoms with Crippen LogP contribution in [0.2, 0.25) is 0 Å². The zero-order valence-electron chi connectivity index (χ0n) is 20.4. The lowest BCUT2D eigenvalue weighted by Crippen LogP contribution is -2.31. The lowest BCUT2D eigenvalue weighted by Gasteiger charge is -2.29. The van der Waals surface area contributed by atoms with Gasteiger partial charge in [0, 0.05) is 31.9 Å². The van der Waals surface area contributed by atoms with Gasteiger partial charge in [-0.25, -0.2) is 9.78 Å². The van der Waals surface area contributed by atoms with Gasteiger partial charge in [0.25, 0.3) is 0 Å². The number of pyridine rings is 1. The highest BCUT2D eigenvalue weighted by atomic mass is 16.5. The minimum absolute atomic E-state index is 0.0317. The van der Waals surface area contributed by atoms with Crippen LogP contribution in [0.15, 0.2) is 29.9 Å². The number of esters is 1.